The standard InChI is InChI=1S/C21H23F3N4O2/c1-14-4-6-25-13-17(14)26-20(29)28-9-7-27(8-10-28)18-5-11-30-19-12-15(21(22,23)24)2-3-16(18)19/h2-4,6,12-13,18H,5,7-11H2,1H3,(H,26,29). The molecule has 1 fully saturated rings. The number of nitrogens with zero attached hydrogens (tertiary/aromatic N) is 3. The van der Waals surface area contributed by atoms with Crippen molar-refractivity contribution in [2.24, 2.45) is 0 Å². The Bertz CT molecular complexity index is 927. The van der Waals surface area contributed by atoms with Gasteiger partial charge in [0.25, 0.3) is 0 Å². The summed E-state index contributed by atoms with van der Waals surface area (Å²) in [5, 5.41) is 2.89. The van der Waals surface area contributed by atoms with E-state index >= 15 is 0 Å². The highest BCUT2D eigenvalue weighted by Crippen LogP contribution is 2.40. The summed E-state index contributed by atoms with van der Waals surface area (Å²) in [6.45, 7) is 4.65. The molecule has 0 saturated carbocycles. The second-order valence-corrected chi connectivity index (χ2v) is 7.55. The lowest BCUT2D eigenvalue weighted by molar-refractivity contribution is -0.137. The van der Waals surface area contributed by atoms with Crippen LogP contribution >= 0.6 is 0 Å². The van der Waals surface area contributed by atoms with Gasteiger partial charge in [0.1, 0.15) is 5.75 Å². The second-order valence-electron chi connectivity index (χ2n) is 7.55. The maximum atomic E-state index is 13.0. The van der Waals surface area contributed by atoms with Crippen LogP contribution in [0.15, 0.2) is 36.7 Å². The number of hydrogen-bond acceptors (Lipinski definition) is 4. The van der Waals surface area contributed by atoms with Crippen molar-refractivity contribution in [2.75, 3.05) is 38.1 Å². The summed E-state index contributed by atoms with van der Waals surface area (Å²) in [7, 11) is 0. The lowest BCUT2D eigenvalue weighted by Gasteiger charge is -2.41. The van der Waals surface area contributed by atoms with Gasteiger partial charge in [0.2, 0.25) is 0 Å². The summed E-state index contributed by atoms with van der Waals surface area (Å²) in [5.74, 6) is 0.299. The first kappa shape index (κ1) is 20.5. The number of aromatic nitrogens is 1. The molecule has 2 aliphatic heterocycles. The van der Waals surface area contributed by atoms with Crippen LogP contribution in [0.25, 0.3) is 0 Å². The fourth-order valence-corrected chi connectivity index (χ4v) is 3.95. The van der Waals surface area contributed by atoms with Gasteiger partial charge in [0, 0.05) is 50.4 Å². The Morgan fingerprint density at radius 1 is 1.20 bits per heavy atom. The normalized spacial score (nSPS) is 19.7. The Morgan fingerprint density at radius 3 is 2.67 bits per heavy atom. The zero-order valence-electron chi connectivity index (χ0n) is 16.6. The first-order chi connectivity index (χ1) is 14.3. The zero-order valence-corrected chi connectivity index (χ0v) is 16.6. The minimum absolute atomic E-state index is 0.0122. The van der Waals surface area contributed by atoms with Crippen molar-refractivity contribution in [3.63, 3.8) is 0 Å². The van der Waals surface area contributed by atoms with Crippen LogP contribution in [0, 0.1) is 6.92 Å². The van der Waals surface area contributed by atoms with Crippen molar-refractivity contribution < 1.29 is 22.7 Å². The van der Waals surface area contributed by atoms with Crippen molar-refractivity contribution in [3.05, 3.63) is 53.3 Å². The third-order valence-corrected chi connectivity index (χ3v) is 5.67. The molecule has 2 aromatic rings. The smallest absolute Gasteiger partial charge is 0.416 e. The summed E-state index contributed by atoms with van der Waals surface area (Å²) in [6, 6.07) is 5.36. The van der Waals surface area contributed by atoms with Crippen LogP contribution in [0.4, 0.5) is 23.7 Å². The molecular weight excluding hydrogens is 397 g/mol. The summed E-state index contributed by atoms with van der Waals surface area (Å²) < 4.78 is 44.5. The van der Waals surface area contributed by atoms with Gasteiger partial charge in [-0.15, -0.1) is 0 Å². The molecule has 1 aromatic carbocycles. The molecule has 30 heavy (non-hydrogen) atoms. The highest BCUT2D eigenvalue weighted by molar-refractivity contribution is 5.90. The molecule has 0 aliphatic carbocycles. The summed E-state index contributed by atoms with van der Waals surface area (Å²) in [6.07, 6.45) is -0.388. The molecule has 1 unspecified atom stereocenters. The Balaban J connectivity index is 1.40. The number of alkyl halides is 3. The lowest BCUT2D eigenvalue weighted by atomic mass is 9.96. The van der Waals surface area contributed by atoms with Crippen molar-refractivity contribution >= 4 is 11.7 Å². The molecule has 0 bridgehead atoms. The van der Waals surface area contributed by atoms with E-state index in [0.29, 0.717) is 50.6 Å². The molecule has 2 amide bonds. The molecule has 0 radical (unpaired) electrons. The number of fused-ring (bicyclic) bond motifs is 1. The molecule has 2 aliphatic rings. The average molecular weight is 420 g/mol. The van der Waals surface area contributed by atoms with E-state index in [1.54, 1.807) is 17.3 Å². The quantitative estimate of drug-likeness (QED) is 0.796. The molecular formula is C21H23F3N4O2. The largest absolute Gasteiger partial charge is 0.493 e. The molecule has 160 valence electrons. The highest BCUT2D eigenvalue weighted by atomic mass is 19.4. The first-order valence-corrected chi connectivity index (χ1v) is 9.87. The number of ether oxygens (including phenoxy) is 1. The summed E-state index contributed by atoms with van der Waals surface area (Å²) in [4.78, 5) is 20.6. The molecule has 9 heteroatoms. The fourth-order valence-electron chi connectivity index (χ4n) is 3.95. The van der Waals surface area contributed by atoms with Gasteiger partial charge in [-0.05, 0) is 30.7 Å². The van der Waals surface area contributed by atoms with E-state index in [4.69, 9.17) is 4.74 Å². The van der Waals surface area contributed by atoms with Crippen molar-refractivity contribution in [3.8, 4) is 5.75 Å². The number of piperazine rings is 1. The molecule has 6 nitrogen and oxygen atoms in total. The summed E-state index contributed by atoms with van der Waals surface area (Å²) in [5.41, 5.74) is 1.70. The number of nitrogens with one attached hydrogen (secondary N) is 1. The van der Waals surface area contributed by atoms with Gasteiger partial charge in [-0.3, -0.25) is 9.88 Å². The van der Waals surface area contributed by atoms with Crippen LogP contribution in [0.3, 0.4) is 0 Å². The number of amides is 2. The first-order valence-electron chi connectivity index (χ1n) is 9.87. The SMILES string of the molecule is Cc1ccncc1NC(=O)N1CCN(C2CCOc3cc(C(F)(F)F)ccc32)CC1. The van der Waals surface area contributed by atoms with Crippen molar-refractivity contribution in [2.45, 2.75) is 25.6 Å². The Morgan fingerprint density at radius 2 is 1.97 bits per heavy atom. The number of carbonyl (C=O) groups excluding carboxylic acids is 1. The van der Waals surface area contributed by atoms with E-state index in [1.165, 1.54) is 6.07 Å². The van der Waals surface area contributed by atoms with E-state index in [1.807, 2.05) is 13.0 Å². The van der Waals surface area contributed by atoms with E-state index in [0.717, 1.165) is 23.3 Å². The number of carbonyl (C=O) groups is 1. The second kappa shape index (κ2) is 8.14. The van der Waals surface area contributed by atoms with Crippen LogP contribution in [-0.4, -0.2) is 53.6 Å². The number of rotatable bonds is 2. The molecule has 1 saturated heterocycles. The lowest BCUT2D eigenvalue weighted by Crippen LogP contribution is -2.51. The van der Waals surface area contributed by atoms with E-state index in [2.05, 4.69) is 15.2 Å². The minimum Gasteiger partial charge on any atom is -0.493 e. The van der Waals surface area contributed by atoms with Gasteiger partial charge >= 0.3 is 12.2 Å². The maximum absolute atomic E-state index is 13.0. The summed E-state index contributed by atoms with van der Waals surface area (Å²) >= 11 is 0. The number of aryl methyl sites for hydroxylation is 1. The Labute approximate surface area is 172 Å². The maximum Gasteiger partial charge on any atom is 0.416 e. The third-order valence-electron chi connectivity index (χ3n) is 5.67. The fraction of sp³-hybridized carbons (Fsp3) is 0.429. The highest BCUT2D eigenvalue weighted by Gasteiger charge is 2.35. The number of anilines is 1. The Hall–Kier alpha value is -2.81. The van der Waals surface area contributed by atoms with Crippen LogP contribution in [0.2, 0.25) is 0 Å². The Kier molecular flexibility index (Phi) is 5.55. The van der Waals surface area contributed by atoms with Gasteiger partial charge in [0.15, 0.2) is 0 Å². The predicted octanol–water partition coefficient (Wildman–Crippen LogP) is 4.08. The van der Waals surface area contributed by atoms with Gasteiger partial charge in [-0.2, -0.15) is 13.2 Å². The van der Waals surface area contributed by atoms with Crippen LogP contribution in [0.1, 0.15) is 29.2 Å². The number of benzene rings is 1. The minimum atomic E-state index is -4.39. The van der Waals surface area contributed by atoms with E-state index in [9.17, 15) is 18.0 Å². The molecule has 3 heterocycles. The number of hydrogen-bond donors (Lipinski definition) is 1. The van der Waals surface area contributed by atoms with Crippen molar-refractivity contribution in [1.82, 2.24) is 14.8 Å². The van der Waals surface area contributed by atoms with E-state index < -0.39 is 11.7 Å². The molecule has 1 atom stereocenters. The molecule has 1 N–H and O–H groups in total. The van der Waals surface area contributed by atoms with E-state index in [-0.39, 0.29) is 12.1 Å². The predicted molar refractivity (Wildman–Crippen MR) is 105 cm³/mol. The topological polar surface area (TPSA) is 57.7 Å². The van der Waals surface area contributed by atoms with Crippen LogP contribution in [0.5, 0.6) is 5.75 Å². The van der Waals surface area contributed by atoms with Gasteiger partial charge in [0.05, 0.1) is 24.1 Å². The van der Waals surface area contributed by atoms with Gasteiger partial charge in [-0.1, -0.05) is 6.07 Å². The molecule has 0 spiro atoms. The van der Waals surface area contributed by atoms with Crippen LogP contribution < -0.4 is 10.1 Å². The van der Waals surface area contributed by atoms with Gasteiger partial charge < -0.3 is 15.0 Å². The monoisotopic (exact) mass is 420 g/mol. The number of halogens is 3. The average Bonchev–Trinajstić information content (AvgIpc) is 2.74. The third kappa shape index (κ3) is 4.21. The molecule has 1 aromatic heterocycles. The zero-order chi connectivity index (χ0) is 21.3. The number of urea groups is 1. The molecule has 4 rings (SSSR count). The van der Waals surface area contributed by atoms with Gasteiger partial charge in [-0.25, -0.2) is 4.79 Å². The van der Waals surface area contributed by atoms with Crippen molar-refractivity contribution in [1.29, 1.82) is 0 Å². The van der Waals surface area contributed by atoms with Crippen LogP contribution in [-0.2, 0) is 6.18 Å². The number of pyridine rings is 1.